The van der Waals surface area contributed by atoms with Gasteiger partial charge in [-0.05, 0) is 6.92 Å². The summed E-state index contributed by atoms with van der Waals surface area (Å²) in [5, 5.41) is 8.77. The SMILES string of the molecule is CC(O)COP(=O)([O-])O[N+](C)(C)C. The van der Waals surface area contributed by atoms with Crippen LogP contribution in [0.15, 0.2) is 0 Å². The van der Waals surface area contributed by atoms with Gasteiger partial charge in [-0.3, -0.25) is 4.57 Å². The second-order valence-corrected chi connectivity index (χ2v) is 4.88. The average molecular weight is 213 g/mol. The highest BCUT2D eigenvalue weighted by Crippen LogP contribution is 2.40. The summed E-state index contributed by atoms with van der Waals surface area (Å²) in [4.78, 5) is 11.0. The molecule has 7 heteroatoms. The van der Waals surface area contributed by atoms with Crippen molar-refractivity contribution >= 4 is 7.82 Å². The van der Waals surface area contributed by atoms with Crippen LogP contribution in [0.3, 0.4) is 0 Å². The minimum Gasteiger partial charge on any atom is -0.752 e. The van der Waals surface area contributed by atoms with Crippen LogP contribution in [0.25, 0.3) is 0 Å². The highest BCUT2D eigenvalue weighted by atomic mass is 31.2. The van der Waals surface area contributed by atoms with Crippen LogP contribution < -0.4 is 4.89 Å². The monoisotopic (exact) mass is 213 g/mol. The molecule has 0 aromatic rings. The van der Waals surface area contributed by atoms with E-state index < -0.39 is 13.9 Å². The Morgan fingerprint density at radius 1 is 1.54 bits per heavy atom. The molecule has 0 saturated heterocycles. The van der Waals surface area contributed by atoms with Gasteiger partial charge in [-0.1, -0.05) is 0 Å². The molecular weight excluding hydrogens is 197 g/mol. The Hall–Kier alpha value is 0.0300. The summed E-state index contributed by atoms with van der Waals surface area (Å²) in [7, 11) is 0.308. The molecule has 0 amide bonds. The highest BCUT2D eigenvalue weighted by Gasteiger charge is 2.21. The fourth-order valence-electron chi connectivity index (χ4n) is 0.523. The quantitative estimate of drug-likeness (QED) is 0.378. The van der Waals surface area contributed by atoms with Crippen LogP contribution in [0.5, 0.6) is 0 Å². The standard InChI is InChI=1S/C6H16NO5P/c1-6(8)5-11-13(9,10)12-7(2,3)4/h6,8H,5H2,1-4H3. The largest absolute Gasteiger partial charge is 0.752 e. The van der Waals surface area contributed by atoms with E-state index in [1.807, 2.05) is 0 Å². The molecule has 2 unspecified atom stereocenters. The van der Waals surface area contributed by atoms with Gasteiger partial charge in [0.05, 0.1) is 33.9 Å². The van der Waals surface area contributed by atoms with Crippen molar-refractivity contribution < 1.29 is 28.4 Å². The molecule has 0 aromatic carbocycles. The number of aliphatic hydroxyl groups is 1. The van der Waals surface area contributed by atoms with Crippen LogP contribution in [0.1, 0.15) is 6.92 Å². The molecule has 0 heterocycles. The molecular formula is C6H16NO5P. The summed E-state index contributed by atoms with van der Waals surface area (Å²) in [6.07, 6.45) is -0.835. The van der Waals surface area contributed by atoms with Crippen molar-refractivity contribution in [2.24, 2.45) is 0 Å². The van der Waals surface area contributed by atoms with Crippen LogP contribution in [0.4, 0.5) is 0 Å². The van der Waals surface area contributed by atoms with E-state index in [9.17, 15) is 9.46 Å². The van der Waals surface area contributed by atoms with Gasteiger partial charge in [-0.15, -0.1) is 4.62 Å². The van der Waals surface area contributed by atoms with Gasteiger partial charge in [0, 0.05) is 0 Å². The number of aliphatic hydroxyl groups excluding tert-OH is 1. The van der Waals surface area contributed by atoms with E-state index in [4.69, 9.17) is 5.11 Å². The van der Waals surface area contributed by atoms with E-state index in [1.165, 1.54) is 28.1 Å². The fourth-order valence-corrected chi connectivity index (χ4v) is 1.57. The summed E-state index contributed by atoms with van der Waals surface area (Å²) in [5.74, 6) is 0. The Bertz CT molecular complexity index is 200. The lowest BCUT2D eigenvalue weighted by atomic mass is 10.5. The normalized spacial score (nSPS) is 19.5. The zero-order chi connectivity index (χ0) is 10.7. The summed E-state index contributed by atoms with van der Waals surface area (Å²) < 4.78 is 19.8. The zero-order valence-corrected chi connectivity index (χ0v) is 9.15. The molecule has 0 saturated carbocycles. The van der Waals surface area contributed by atoms with Crippen molar-refractivity contribution in [2.45, 2.75) is 13.0 Å². The molecule has 0 radical (unpaired) electrons. The van der Waals surface area contributed by atoms with E-state index in [0.29, 0.717) is 0 Å². The molecule has 1 N–H and O–H groups in total. The van der Waals surface area contributed by atoms with E-state index in [1.54, 1.807) is 0 Å². The Morgan fingerprint density at radius 2 is 2.00 bits per heavy atom. The summed E-state index contributed by atoms with van der Waals surface area (Å²) in [5.41, 5.74) is 0. The molecule has 0 fully saturated rings. The van der Waals surface area contributed by atoms with Crippen LogP contribution in [-0.4, -0.2) is 43.6 Å². The van der Waals surface area contributed by atoms with E-state index in [2.05, 4.69) is 9.15 Å². The van der Waals surface area contributed by atoms with Gasteiger partial charge in [0.2, 0.25) is 0 Å². The molecule has 0 aliphatic heterocycles. The first kappa shape index (κ1) is 13.0. The third-order valence-corrected chi connectivity index (χ3v) is 1.97. The van der Waals surface area contributed by atoms with Crippen molar-refractivity contribution in [3.63, 3.8) is 0 Å². The van der Waals surface area contributed by atoms with Crippen LogP contribution in [0, 0.1) is 0 Å². The van der Waals surface area contributed by atoms with Crippen molar-refractivity contribution in [2.75, 3.05) is 27.7 Å². The van der Waals surface area contributed by atoms with Crippen LogP contribution in [0.2, 0.25) is 0 Å². The number of rotatable bonds is 5. The number of phosphoric acid groups is 1. The molecule has 0 spiro atoms. The lowest BCUT2D eigenvalue weighted by Crippen LogP contribution is -2.35. The predicted octanol–water partition coefficient (Wildman–Crippen LogP) is -0.510. The third-order valence-electron chi connectivity index (χ3n) is 0.819. The number of quaternary nitrogens is 1. The Balaban J connectivity index is 4.02. The Morgan fingerprint density at radius 3 is 2.31 bits per heavy atom. The van der Waals surface area contributed by atoms with Crippen molar-refractivity contribution in [3.05, 3.63) is 0 Å². The highest BCUT2D eigenvalue weighted by molar-refractivity contribution is 7.45. The second kappa shape index (κ2) is 4.50. The van der Waals surface area contributed by atoms with Crippen LogP contribution >= 0.6 is 7.82 Å². The molecule has 2 atom stereocenters. The molecule has 0 bridgehead atoms. The summed E-state index contributed by atoms with van der Waals surface area (Å²) in [6.45, 7) is 1.13. The first-order valence-corrected chi connectivity index (χ1v) is 5.25. The van der Waals surface area contributed by atoms with Gasteiger partial charge in [-0.2, -0.15) is 4.65 Å². The van der Waals surface area contributed by atoms with Crippen molar-refractivity contribution in [1.29, 1.82) is 0 Å². The first-order valence-electron chi connectivity index (χ1n) is 3.79. The Kier molecular flexibility index (Phi) is 4.51. The lowest BCUT2D eigenvalue weighted by Gasteiger charge is -2.29. The minimum atomic E-state index is -4.31. The maximum atomic E-state index is 11.0. The van der Waals surface area contributed by atoms with E-state index in [-0.39, 0.29) is 11.3 Å². The van der Waals surface area contributed by atoms with Gasteiger partial charge in [0.15, 0.2) is 0 Å². The maximum Gasteiger partial charge on any atom is 0.325 e. The summed E-state index contributed by atoms with van der Waals surface area (Å²) in [6, 6.07) is 0. The number of hydroxylamine groups is 3. The Labute approximate surface area is 77.9 Å². The molecule has 0 aromatic heterocycles. The van der Waals surface area contributed by atoms with Gasteiger partial charge in [0.25, 0.3) is 0 Å². The van der Waals surface area contributed by atoms with E-state index in [0.717, 1.165) is 0 Å². The predicted molar refractivity (Wildman–Crippen MR) is 44.4 cm³/mol. The average Bonchev–Trinajstić information content (AvgIpc) is 1.78. The number of nitrogens with zero attached hydrogens (tertiary/aromatic N) is 1. The number of phosphoric ester groups is 1. The maximum absolute atomic E-state index is 11.0. The van der Waals surface area contributed by atoms with Gasteiger partial charge < -0.3 is 14.5 Å². The molecule has 0 rings (SSSR count). The fraction of sp³-hybridized carbons (Fsp3) is 1.00. The topological polar surface area (TPSA) is 78.8 Å². The lowest BCUT2D eigenvalue weighted by molar-refractivity contribution is -1.04. The molecule has 6 nitrogen and oxygen atoms in total. The summed E-state index contributed by atoms with van der Waals surface area (Å²) >= 11 is 0. The second-order valence-electron chi connectivity index (χ2n) is 3.56. The molecule has 80 valence electrons. The van der Waals surface area contributed by atoms with Gasteiger partial charge in [0.1, 0.15) is 0 Å². The number of hydrogen-bond acceptors (Lipinski definition) is 5. The van der Waals surface area contributed by atoms with E-state index >= 15 is 0 Å². The van der Waals surface area contributed by atoms with Crippen molar-refractivity contribution in [3.8, 4) is 0 Å². The first-order chi connectivity index (χ1) is 5.62. The van der Waals surface area contributed by atoms with Gasteiger partial charge >= 0.3 is 7.82 Å². The van der Waals surface area contributed by atoms with Crippen LogP contribution in [-0.2, 0) is 13.7 Å². The smallest absolute Gasteiger partial charge is 0.325 e. The van der Waals surface area contributed by atoms with Crippen molar-refractivity contribution in [1.82, 2.24) is 0 Å². The van der Waals surface area contributed by atoms with Gasteiger partial charge in [-0.25, -0.2) is 0 Å². The number of hydrogen-bond donors (Lipinski definition) is 1. The molecule has 0 aliphatic rings. The molecule has 13 heavy (non-hydrogen) atoms. The zero-order valence-electron chi connectivity index (χ0n) is 8.26. The molecule has 0 aliphatic carbocycles. The third kappa shape index (κ3) is 8.36. The minimum absolute atomic E-state index is 0.208.